The highest BCUT2D eigenvalue weighted by molar-refractivity contribution is 6.43. The summed E-state index contributed by atoms with van der Waals surface area (Å²) in [4.78, 5) is 14.9. The van der Waals surface area contributed by atoms with Crippen LogP contribution in [0.5, 0.6) is 5.75 Å². The van der Waals surface area contributed by atoms with Gasteiger partial charge in [-0.1, -0.05) is 71.2 Å². The third-order valence-electron chi connectivity index (χ3n) is 5.79. The van der Waals surface area contributed by atoms with Gasteiger partial charge in [0.2, 0.25) is 0 Å². The van der Waals surface area contributed by atoms with Gasteiger partial charge < -0.3 is 14.1 Å². The van der Waals surface area contributed by atoms with Crippen LogP contribution in [0.15, 0.2) is 63.8 Å². The first-order chi connectivity index (χ1) is 15.4. The van der Waals surface area contributed by atoms with Crippen LogP contribution in [0.3, 0.4) is 0 Å². The van der Waals surface area contributed by atoms with Gasteiger partial charge >= 0.3 is 5.63 Å². The molecule has 5 rings (SSSR count). The van der Waals surface area contributed by atoms with Crippen molar-refractivity contribution >= 4 is 51.5 Å². The molecule has 0 saturated heterocycles. The molecule has 162 valence electrons. The van der Waals surface area contributed by atoms with Crippen molar-refractivity contribution in [3.63, 3.8) is 0 Å². The summed E-state index contributed by atoms with van der Waals surface area (Å²) in [7, 11) is 0. The molecule has 7 heteroatoms. The van der Waals surface area contributed by atoms with Gasteiger partial charge in [0.25, 0.3) is 0 Å². The Morgan fingerprint density at radius 1 is 1.00 bits per heavy atom. The van der Waals surface area contributed by atoms with Gasteiger partial charge in [-0.2, -0.15) is 0 Å². The topological polar surface area (TPSA) is 42.7 Å². The second-order valence-corrected chi connectivity index (χ2v) is 8.93. The van der Waals surface area contributed by atoms with Crippen LogP contribution in [0, 0.1) is 6.92 Å². The van der Waals surface area contributed by atoms with E-state index in [4.69, 9.17) is 44.0 Å². The number of hydrogen-bond acceptors (Lipinski definition) is 4. The SMILES string of the molecule is Cc1c(Cc2ccccc2)c(=O)oc2c3c(c(Cl)cc12)OCN(c1cccc(Cl)c1Cl)C3. The van der Waals surface area contributed by atoms with E-state index >= 15 is 0 Å². The summed E-state index contributed by atoms with van der Waals surface area (Å²) in [6.45, 7) is 2.58. The molecule has 0 N–H and O–H groups in total. The molecular weight excluding hydrogens is 469 g/mol. The maximum atomic E-state index is 13.0. The fraction of sp³-hybridized carbons (Fsp3) is 0.160. The predicted molar refractivity (Wildman–Crippen MR) is 130 cm³/mol. The number of aryl methyl sites for hydroxylation is 1. The Kier molecular flexibility index (Phi) is 5.54. The van der Waals surface area contributed by atoms with E-state index in [0.717, 1.165) is 22.2 Å². The summed E-state index contributed by atoms with van der Waals surface area (Å²) in [5.74, 6) is 0.520. The number of benzene rings is 3. The molecule has 0 atom stereocenters. The first-order valence-corrected chi connectivity index (χ1v) is 11.2. The van der Waals surface area contributed by atoms with Gasteiger partial charge in [-0.3, -0.25) is 0 Å². The third-order valence-corrected chi connectivity index (χ3v) is 6.88. The van der Waals surface area contributed by atoms with Crippen LogP contribution in [0.25, 0.3) is 11.0 Å². The average molecular weight is 487 g/mol. The number of halogens is 3. The molecule has 0 unspecified atom stereocenters. The van der Waals surface area contributed by atoms with Crippen molar-refractivity contribution in [2.45, 2.75) is 19.9 Å². The molecule has 0 saturated carbocycles. The monoisotopic (exact) mass is 485 g/mol. The maximum Gasteiger partial charge on any atom is 0.340 e. The fourth-order valence-electron chi connectivity index (χ4n) is 4.11. The van der Waals surface area contributed by atoms with Crippen molar-refractivity contribution in [2.24, 2.45) is 0 Å². The number of hydrogen-bond donors (Lipinski definition) is 0. The summed E-state index contributed by atoms with van der Waals surface area (Å²) < 4.78 is 11.8. The molecular formula is C25H18Cl3NO3. The van der Waals surface area contributed by atoms with Gasteiger partial charge in [0, 0.05) is 17.4 Å². The van der Waals surface area contributed by atoms with Crippen LogP contribution < -0.4 is 15.3 Å². The molecule has 1 aromatic heterocycles. The van der Waals surface area contributed by atoms with Gasteiger partial charge in [0.1, 0.15) is 11.3 Å². The standard InChI is InChI=1S/C25H18Cl3NO3/c1-14-16-11-20(27)24-18(12-29(13-31-24)21-9-5-8-19(26)22(21)28)23(16)32-25(30)17(14)10-15-6-3-2-4-7-15/h2-9,11H,10,12-13H2,1H3. The van der Waals surface area contributed by atoms with Crippen LogP contribution in [-0.4, -0.2) is 6.73 Å². The lowest BCUT2D eigenvalue weighted by atomic mass is 9.97. The molecule has 4 aromatic rings. The molecule has 0 bridgehead atoms. The number of fused-ring (bicyclic) bond motifs is 3. The Balaban J connectivity index is 1.63. The van der Waals surface area contributed by atoms with E-state index in [1.807, 2.05) is 60.4 Å². The van der Waals surface area contributed by atoms with Crippen molar-refractivity contribution in [2.75, 3.05) is 11.6 Å². The Labute approximate surface area is 199 Å². The van der Waals surface area contributed by atoms with E-state index in [2.05, 4.69) is 0 Å². The van der Waals surface area contributed by atoms with Gasteiger partial charge in [-0.15, -0.1) is 0 Å². The Morgan fingerprint density at radius 3 is 2.56 bits per heavy atom. The lowest BCUT2D eigenvalue weighted by Gasteiger charge is -2.32. The van der Waals surface area contributed by atoms with Crippen molar-refractivity contribution in [3.05, 3.63) is 102 Å². The zero-order chi connectivity index (χ0) is 22.4. The lowest BCUT2D eigenvalue weighted by Crippen LogP contribution is -2.32. The third kappa shape index (κ3) is 3.62. The average Bonchev–Trinajstić information content (AvgIpc) is 2.80. The first kappa shape index (κ1) is 21.2. The molecule has 0 radical (unpaired) electrons. The first-order valence-electron chi connectivity index (χ1n) is 10.1. The molecule has 2 heterocycles. The van der Waals surface area contributed by atoms with Crippen molar-refractivity contribution in [3.8, 4) is 5.75 Å². The maximum absolute atomic E-state index is 13.0. The van der Waals surface area contributed by atoms with Crippen LogP contribution in [-0.2, 0) is 13.0 Å². The number of rotatable bonds is 3. The number of nitrogens with zero attached hydrogens (tertiary/aromatic N) is 1. The smallest absolute Gasteiger partial charge is 0.340 e. The van der Waals surface area contributed by atoms with Crippen molar-refractivity contribution in [1.82, 2.24) is 0 Å². The Morgan fingerprint density at radius 2 is 1.78 bits per heavy atom. The second kappa shape index (κ2) is 8.36. The van der Waals surface area contributed by atoms with Gasteiger partial charge in [-0.05, 0) is 36.2 Å². The molecule has 1 aliphatic heterocycles. The van der Waals surface area contributed by atoms with Crippen LogP contribution in [0.2, 0.25) is 15.1 Å². The largest absolute Gasteiger partial charge is 0.471 e. The van der Waals surface area contributed by atoms with E-state index in [1.165, 1.54) is 0 Å². The van der Waals surface area contributed by atoms with Gasteiger partial charge in [0.15, 0.2) is 6.73 Å². The molecule has 4 nitrogen and oxygen atoms in total. The summed E-state index contributed by atoms with van der Waals surface area (Å²) in [6.07, 6.45) is 0.487. The van der Waals surface area contributed by atoms with Crippen molar-refractivity contribution in [1.29, 1.82) is 0 Å². The van der Waals surface area contributed by atoms with E-state index in [9.17, 15) is 4.79 Å². The molecule has 0 amide bonds. The normalized spacial score (nSPS) is 13.2. The molecule has 1 aliphatic rings. The van der Waals surface area contributed by atoms with E-state index in [-0.39, 0.29) is 12.4 Å². The minimum absolute atomic E-state index is 0.244. The number of anilines is 1. The van der Waals surface area contributed by atoms with Gasteiger partial charge in [0.05, 0.1) is 32.9 Å². The summed E-state index contributed by atoms with van der Waals surface area (Å²) >= 11 is 19.2. The van der Waals surface area contributed by atoms with Crippen LogP contribution in [0.4, 0.5) is 5.69 Å². The Hall–Kier alpha value is -2.66. The molecule has 0 spiro atoms. The molecule has 32 heavy (non-hydrogen) atoms. The van der Waals surface area contributed by atoms with Gasteiger partial charge in [-0.25, -0.2) is 4.79 Å². The van der Waals surface area contributed by atoms with E-state index in [1.54, 1.807) is 6.07 Å². The predicted octanol–water partition coefficient (Wildman–Crippen LogP) is 7.01. The molecule has 0 fully saturated rings. The van der Waals surface area contributed by atoms with E-state index < -0.39 is 0 Å². The van der Waals surface area contributed by atoms with Crippen LogP contribution in [0.1, 0.15) is 22.3 Å². The zero-order valence-electron chi connectivity index (χ0n) is 17.1. The van der Waals surface area contributed by atoms with Crippen LogP contribution >= 0.6 is 34.8 Å². The number of ether oxygens (including phenoxy) is 1. The highest BCUT2D eigenvalue weighted by Crippen LogP contribution is 2.42. The highest BCUT2D eigenvalue weighted by Gasteiger charge is 2.27. The fourth-order valence-corrected chi connectivity index (χ4v) is 4.80. The Bertz CT molecular complexity index is 1400. The minimum Gasteiger partial charge on any atom is -0.471 e. The molecule has 3 aromatic carbocycles. The lowest BCUT2D eigenvalue weighted by molar-refractivity contribution is 0.289. The highest BCUT2D eigenvalue weighted by atomic mass is 35.5. The van der Waals surface area contributed by atoms with E-state index in [0.29, 0.717) is 50.5 Å². The zero-order valence-corrected chi connectivity index (χ0v) is 19.4. The van der Waals surface area contributed by atoms with Crippen molar-refractivity contribution < 1.29 is 9.15 Å². The quantitative estimate of drug-likeness (QED) is 0.292. The minimum atomic E-state index is -0.360. The molecule has 0 aliphatic carbocycles. The summed E-state index contributed by atoms with van der Waals surface area (Å²) in [6, 6.07) is 17.1. The second-order valence-electron chi connectivity index (χ2n) is 7.74. The summed E-state index contributed by atoms with van der Waals surface area (Å²) in [5, 5.41) is 2.17. The summed E-state index contributed by atoms with van der Waals surface area (Å²) in [5.41, 5.74) is 4.07.